The van der Waals surface area contributed by atoms with E-state index in [4.69, 9.17) is 14.2 Å². The summed E-state index contributed by atoms with van der Waals surface area (Å²) in [6.07, 6.45) is 4.68. The van der Waals surface area contributed by atoms with Gasteiger partial charge in [-0.15, -0.1) is 0 Å². The normalized spacial score (nSPS) is 24.4. The van der Waals surface area contributed by atoms with Crippen molar-refractivity contribution in [3.05, 3.63) is 29.8 Å². The average molecular weight is 388 g/mol. The van der Waals surface area contributed by atoms with Crippen molar-refractivity contribution in [2.24, 2.45) is 0 Å². The number of benzene rings is 1. The molecule has 1 atom stereocenters. The van der Waals surface area contributed by atoms with Gasteiger partial charge in [-0.25, -0.2) is 0 Å². The van der Waals surface area contributed by atoms with E-state index in [1.165, 1.54) is 0 Å². The van der Waals surface area contributed by atoms with Crippen molar-refractivity contribution in [3.63, 3.8) is 0 Å². The highest BCUT2D eigenvalue weighted by Crippen LogP contribution is 2.42. The molecule has 4 rings (SSSR count). The lowest BCUT2D eigenvalue weighted by molar-refractivity contribution is -0.141. The van der Waals surface area contributed by atoms with Crippen LogP contribution in [0.2, 0.25) is 0 Å². The van der Waals surface area contributed by atoms with Gasteiger partial charge in [-0.3, -0.25) is 14.5 Å². The van der Waals surface area contributed by atoms with Crippen LogP contribution in [-0.2, 0) is 14.3 Å². The van der Waals surface area contributed by atoms with Crippen LogP contribution in [0, 0.1) is 0 Å². The highest BCUT2D eigenvalue weighted by atomic mass is 16.5. The Morgan fingerprint density at radius 1 is 1.14 bits per heavy atom. The van der Waals surface area contributed by atoms with Crippen LogP contribution >= 0.6 is 0 Å². The zero-order chi connectivity index (χ0) is 19.6. The lowest BCUT2D eigenvalue weighted by Gasteiger charge is -2.42. The fourth-order valence-electron chi connectivity index (χ4n) is 4.55. The number of rotatable bonds is 3. The molecule has 2 amide bonds. The van der Waals surface area contributed by atoms with Crippen LogP contribution in [0.5, 0.6) is 5.75 Å². The first-order chi connectivity index (χ1) is 13.6. The van der Waals surface area contributed by atoms with E-state index in [1.54, 1.807) is 35.1 Å². The van der Waals surface area contributed by atoms with Gasteiger partial charge >= 0.3 is 0 Å². The lowest BCUT2D eigenvalue weighted by atomic mass is 9.89. The average Bonchev–Trinajstić information content (AvgIpc) is 3.12. The van der Waals surface area contributed by atoms with Gasteiger partial charge in [0.05, 0.1) is 26.9 Å². The van der Waals surface area contributed by atoms with E-state index in [1.807, 2.05) is 6.07 Å². The fourth-order valence-corrected chi connectivity index (χ4v) is 4.55. The highest BCUT2D eigenvalue weighted by molar-refractivity contribution is 5.98. The summed E-state index contributed by atoms with van der Waals surface area (Å²) in [5, 5.41) is 0. The number of methoxy groups -OCH3 is 1. The number of amides is 2. The third-order valence-corrected chi connectivity index (χ3v) is 6.04. The first kappa shape index (κ1) is 19.2. The summed E-state index contributed by atoms with van der Waals surface area (Å²) in [4.78, 5) is 30.4. The van der Waals surface area contributed by atoms with Crippen LogP contribution in [0.25, 0.3) is 0 Å². The Morgan fingerprint density at radius 3 is 2.61 bits per heavy atom. The van der Waals surface area contributed by atoms with Crippen LogP contribution in [0.4, 0.5) is 0 Å². The van der Waals surface area contributed by atoms with Gasteiger partial charge in [0.2, 0.25) is 5.91 Å². The first-order valence-corrected chi connectivity index (χ1v) is 10.1. The number of nitrogens with zero attached hydrogens (tertiary/aromatic N) is 2. The van der Waals surface area contributed by atoms with Gasteiger partial charge in [-0.2, -0.15) is 0 Å². The second-order valence-corrected chi connectivity index (χ2v) is 7.68. The fraction of sp³-hybridized carbons (Fsp3) is 0.619. The zero-order valence-corrected chi connectivity index (χ0v) is 16.4. The van der Waals surface area contributed by atoms with Gasteiger partial charge in [0, 0.05) is 18.7 Å². The van der Waals surface area contributed by atoms with Gasteiger partial charge < -0.3 is 19.1 Å². The monoisotopic (exact) mass is 388 g/mol. The number of hydrogen-bond acceptors (Lipinski definition) is 5. The minimum absolute atomic E-state index is 0.0398. The zero-order valence-electron chi connectivity index (χ0n) is 16.4. The molecule has 2 heterocycles. The molecule has 3 fully saturated rings. The number of carbonyl (C=O) groups excluding carboxylic acids is 2. The standard InChI is InChI=1S/C21H28N2O5/c1-26-17-7-5-6-16(14-17)19(24)23-18(20(25)22-10-12-27-13-11-22)15-28-21(23)8-3-2-4-9-21/h5-7,14,18H,2-4,8-13,15H2,1H3/t18-/m0/s1. The van der Waals surface area contributed by atoms with Crippen LogP contribution < -0.4 is 4.74 Å². The Balaban J connectivity index is 1.65. The quantitative estimate of drug-likeness (QED) is 0.793. The van der Waals surface area contributed by atoms with Crippen molar-refractivity contribution in [1.82, 2.24) is 9.80 Å². The Labute approximate surface area is 165 Å². The summed E-state index contributed by atoms with van der Waals surface area (Å²) in [7, 11) is 1.58. The maximum atomic E-state index is 13.6. The molecule has 28 heavy (non-hydrogen) atoms. The molecule has 0 N–H and O–H groups in total. The van der Waals surface area contributed by atoms with Crippen LogP contribution in [0.15, 0.2) is 24.3 Å². The second kappa shape index (κ2) is 8.09. The summed E-state index contributed by atoms with van der Waals surface area (Å²) in [5.41, 5.74) is -0.153. The molecule has 1 aromatic carbocycles. The number of morpholine rings is 1. The van der Waals surface area contributed by atoms with Gasteiger partial charge in [0.25, 0.3) is 5.91 Å². The Kier molecular flexibility index (Phi) is 5.55. The second-order valence-electron chi connectivity index (χ2n) is 7.68. The smallest absolute Gasteiger partial charge is 0.257 e. The minimum atomic E-state index is -0.676. The van der Waals surface area contributed by atoms with E-state index in [9.17, 15) is 9.59 Å². The van der Waals surface area contributed by atoms with Crippen molar-refractivity contribution in [2.75, 3.05) is 40.0 Å². The molecule has 0 aromatic heterocycles. The van der Waals surface area contributed by atoms with Gasteiger partial charge in [-0.1, -0.05) is 12.5 Å². The van der Waals surface area contributed by atoms with Crippen molar-refractivity contribution in [3.8, 4) is 5.75 Å². The summed E-state index contributed by atoms with van der Waals surface area (Å²) < 4.78 is 16.9. The molecule has 1 spiro atoms. The molecule has 2 aliphatic heterocycles. The predicted octanol–water partition coefficient (Wildman–Crippen LogP) is 2.06. The summed E-state index contributed by atoms with van der Waals surface area (Å²) in [6.45, 7) is 2.45. The molecule has 7 nitrogen and oxygen atoms in total. The van der Waals surface area contributed by atoms with Crippen molar-refractivity contribution >= 4 is 11.8 Å². The molecular formula is C21H28N2O5. The van der Waals surface area contributed by atoms with E-state index in [0.717, 1.165) is 32.1 Å². The van der Waals surface area contributed by atoms with E-state index in [0.29, 0.717) is 37.6 Å². The first-order valence-electron chi connectivity index (χ1n) is 10.1. The van der Waals surface area contributed by atoms with Crippen LogP contribution in [-0.4, -0.2) is 73.4 Å². The number of carbonyl (C=O) groups is 2. The summed E-state index contributed by atoms with van der Waals surface area (Å²) in [5.74, 6) is 0.423. The number of hydrogen-bond donors (Lipinski definition) is 0. The van der Waals surface area contributed by atoms with E-state index in [-0.39, 0.29) is 18.4 Å². The molecule has 1 aliphatic carbocycles. The minimum Gasteiger partial charge on any atom is -0.497 e. The van der Waals surface area contributed by atoms with E-state index >= 15 is 0 Å². The molecule has 0 bridgehead atoms. The molecule has 1 aromatic rings. The molecule has 0 radical (unpaired) electrons. The number of ether oxygens (including phenoxy) is 3. The molecule has 2 saturated heterocycles. The maximum Gasteiger partial charge on any atom is 0.257 e. The van der Waals surface area contributed by atoms with Crippen molar-refractivity contribution in [2.45, 2.75) is 43.9 Å². The topological polar surface area (TPSA) is 68.3 Å². The molecule has 0 unspecified atom stereocenters. The van der Waals surface area contributed by atoms with Crippen molar-refractivity contribution < 1.29 is 23.8 Å². The van der Waals surface area contributed by atoms with Crippen LogP contribution in [0.1, 0.15) is 42.5 Å². The third-order valence-electron chi connectivity index (χ3n) is 6.04. The predicted molar refractivity (Wildman–Crippen MR) is 102 cm³/mol. The van der Waals surface area contributed by atoms with Crippen molar-refractivity contribution in [1.29, 1.82) is 0 Å². The lowest BCUT2D eigenvalue weighted by Crippen LogP contribution is -2.58. The Bertz CT molecular complexity index is 725. The maximum absolute atomic E-state index is 13.6. The summed E-state index contributed by atoms with van der Waals surface area (Å²) >= 11 is 0. The highest BCUT2D eigenvalue weighted by Gasteiger charge is 2.53. The molecular weight excluding hydrogens is 360 g/mol. The molecule has 152 valence electrons. The van der Waals surface area contributed by atoms with Crippen LogP contribution in [0.3, 0.4) is 0 Å². The molecule has 3 aliphatic rings. The van der Waals surface area contributed by atoms with E-state index in [2.05, 4.69) is 0 Å². The SMILES string of the molecule is COc1cccc(C(=O)N2[C@H](C(=O)N3CCOCC3)COC23CCCCC3)c1. The summed E-state index contributed by atoms with van der Waals surface area (Å²) in [6, 6.07) is 6.53. The van der Waals surface area contributed by atoms with Gasteiger partial charge in [0.1, 0.15) is 17.5 Å². The Morgan fingerprint density at radius 2 is 1.89 bits per heavy atom. The molecule has 7 heteroatoms. The molecule has 1 saturated carbocycles. The third kappa shape index (κ3) is 3.49. The van der Waals surface area contributed by atoms with Gasteiger partial charge in [-0.05, 0) is 43.9 Å². The Hall–Kier alpha value is -2.12. The van der Waals surface area contributed by atoms with E-state index < -0.39 is 11.8 Å². The van der Waals surface area contributed by atoms with Gasteiger partial charge in [0.15, 0.2) is 0 Å². The largest absolute Gasteiger partial charge is 0.497 e.